The summed E-state index contributed by atoms with van der Waals surface area (Å²) >= 11 is 0. The topological polar surface area (TPSA) is 61.8 Å². The molecule has 0 heterocycles. The Labute approximate surface area is 102 Å². The average Bonchev–Trinajstić information content (AvgIpc) is 2.31. The standard InChI is InChI=1S/C12H22O5/c1-5-12(8-9-15-4,10(13)16-6-2)11(14)17-7-3/h5-9H2,1-4H3. The second kappa shape index (κ2) is 8.06. The fourth-order valence-electron chi connectivity index (χ4n) is 1.57. The van der Waals surface area contributed by atoms with Gasteiger partial charge in [-0.2, -0.15) is 0 Å². The minimum Gasteiger partial charge on any atom is -0.465 e. The number of hydrogen-bond donors (Lipinski definition) is 0. The van der Waals surface area contributed by atoms with Gasteiger partial charge in [0.25, 0.3) is 0 Å². The van der Waals surface area contributed by atoms with Gasteiger partial charge in [-0.25, -0.2) is 0 Å². The molecule has 0 amide bonds. The molecule has 0 aromatic heterocycles. The summed E-state index contributed by atoms with van der Waals surface area (Å²) in [5.41, 5.74) is -1.23. The van der Waals surface area contributed by atoms with Gasteiger partial charge in [-0.15, -0.1) is 0 Å². The summed E-state index contributed by atoms with van der Waals surface area (Å²) in [6.45, 7) is 5.98. The summed E-state index contributed by atoms with van der Waals surface area (Å²) in [6, 6.07) is 0. The van der Waals surface area contributed by atoms with Crippen LogP contribution >= 0.6 is 0 Å². The summed E-state index contributed by atoms with van der Waals surface area (Å²) in [6.07, 6.45) is 0.617. The Morgan fingerprint density at radius 3 is 1.76 bits per heavy atom. The van der Waals surface area contributed by atoms with Gasteiger partial charge in [0, 0.05) is 13.7 Å². The highest BCUT2D eigenvalue weighted by Gasteiger charge is 2.46. The maximum absolute atomic E-state index is 11.9. The van der Waals surface area contributed by atoms with Crippen LogP contribution < -0.4 is 0 Å². The van der Waals surface area contributed by atoms with Crippen molar-refractivity contribution in [2.24, 2.45) is 5.41 Å². The zero-order valence-corrected chi connectivity index (χ0v) is 11.1. The van der Waals surface area contributed by atoms with E-state index in [9.17, 15) is 9.59 Å². The lowest BCUT2D eigenvalue weighted by molar-refractivity contribution is -0.173. The van der Waals surface area contributed by atoms with Crippen molar-refractivity contribution in [2.45, 2.75) is 33.6 Å². The van der Waals surface area contributed by atoms with E-state index in [1.807, 2.05) is 0 Å². The molecule has 0 atom stereocenters. The van der Waals surface area contributed by atoms with E-state index in [0.717, 1.165) is 0 Å². The molecule has 0 aliphatic heterocycles. The Balaban J connectivity index is 4.98. The van der Waals surface area contributed by atoms with Gasteiger partial charge in [-0.1, -0.05) is 6.92 Å². The highest BCUT2D eigenvalue weighted by molar-refractivity contribution is 6.00. The van der Waals surface area contributed by atoms with Crippen molar-refractivity contribution in [1.82, 2.24) is 0 Å². The maximum atomic E-state index is 11.9. The molecule has 0 N–H and O–H groups in total. The normalized spacial score (nSPS) is 11.1. The van der Waals surface area contributed by atoms with Crippen LogP contribution in [0.15, 0.2) is 0 Å². The van der Waals surface area contributed by atoms with Crippen LogP contribution in [0.25, 0.3) is 0 Å². The number of hydrogen-bond acceptors (Lipinski definition) is 5. The van der Waals surface area contributed by atoms with E-state index in [1.54, 1.807) is 20.8 Å². The molecule has 0 rings (SSSR count). The van der Waals surface area contributed by atoms with Gasteiger partial charge in [-0.3, -0.25) is 9.59 Å². The molecule has 5 nitrogen and oxygen atoms in total. The number of esters is 2. The summed E-state index contributed by atoms with van der Waals surface area (Å²) in [5, 5.41) is 0. The first-order chi connectivity index (χ1) is 8.08. The third kappa shape index (κ3) is 4.00. The van der Waals surface area contributed by atoms with Gasteiger partial charge >= 0.3 is 11.9 Å². The predicted molar refractivity (Wildman–Crippen MR) is 62.5 cm³/mol. The second-order valence-corrected chi connectivity index (χ2v) is 3.62. The van der Waals surface area contributed by atoms with Crippen molar-refractivity contribution < 1.29 is 23.8 Å². The first-order valence-electron chi connectivity index (χ1n) is 5.92. The molecule has 0 aliphatic rings. The Kier molecular flexibility index (Phi) is 7.54. The van der Waals surface area contributed by atoms with Crippen molar-refractivity contribution in [3.05, 3.63) is 0 Å². The molecule has 0 fully saturated rings. The average molecular weight is 246 g/mol. The number of carbonyl (C=O) groups excluding carboxylic acids is 2. The highest BCUT2D eigenvalue weighted by Crippen LogP contribution is 2.30. The van der Waals surface area contributed by atoms with Crippen molar-refractivity contribution >= 4 is 11.9 Å². The Morgan fingerprint density at radius 1 is 1.00 bits per heavy atom. The van der Waals surface area contributed by atoms with E-state index in [0.29, 0.717) is 13.0 Å². The van der Waals surface area contributed by atoms with E-state index in [4.69, 9.17) is 14.2 Å². The summed E-state index contributed by atoms with van der Waals surface area (Å²) in [7, 11) is 1.52. The summed E-state index contributed by atoms with van der Waals surface area (Å²) in [5.74, 6) is -1.06. The molecular formula is C12H22O5. The van der Waals surface area contributed by atoms with Crippen molar-refractivity contribution in [3.63, 3.8) is 0 Å². The first-order valence-corrected chi connectivity index (χ1v) is 5.92. The van der Waals surface area contributed by atoms with Gasteiger partial charge < -0.3 is 14.2 Å². The SMILES string of the molecule is CCOC(=O)C(CC)(CCOC)C(=O)OCC. The minimum absolute atomic E-state index is 0.243. The fraction of sp³-hybridized carbons (Fsp3) is 0.833. The number of carbonyl (C=O) groups is 2. The van der Waals surface area contributed by atoms with Gasteiger partial charge in [-0.05, 0) is 26.7 Å². The zero-order valence-electron chi connectivity index (χ0n) is 11.1. The molecule has 0 saturated carbocycles. The molecule has 0 spiro atoms. The third-order valence-corrected chi connectivity index (χ3v) is 2.67. The van der Waals surface area contributed by atoms with Crippen LogP contribution in [0.2, 0.25) is 0 Å². The summed E-state index contributed by atoms with van der Waals surface area (Å²) in [4.78, 5) is 23.9. The third-order valence-electron chi connectivity index (χ3n) is 2.67. The van der Waals surface area contributed by atoms with Gasteiger partial charge in [0.05, 0.1) is 13.2 Å². The smallest absolute Gasteiger partial charge is 0.323 e. The monoisotopic (exact) mass is 246 g/mol. The number of ether oxygens (including phenoxy) is 3. The fourth-order valence-corrected chi connectivity index (χ4v) is 1.57. The second-order valence-electron chi connectivity index (χ2n) is 3.62. The van der Waals surface area contributed by atoms with E-state index < -0.39 is 17.4 Å². The van der Waals surface area contributed by atoms with Gasteiger partial charge in [0.2, 0.25) is 0 Å². The molecule has 0 aromatic rings. The Hall–Kier alpha value is -1.10. The lowest BCUT2D eigenvalue weighted by Crippen LogP contribution is -2.42. The zero-order chi connectivity index (χ0) is 13.3. The molecule has 5 heteroatoms. The van der Waals surface area contributed by atoms with Crippen LogP contribution in [0.4, 0.5) is 0 Å². The van der Waals surface area contributed by atoms with Crippen LogP contribution in [-0.2, 0) is 23.8 Å². The molecule has 0 saturated heterocycles. The predicted octanol–water partition coefficient (Wildman–Crippen LogP) is 1.55. The largest absolute Gasteiger partial charge is 0.465 e. The molecule has 17 heavy (non-hydrogen) atoms. The summed E-state index contributed by atoms with van der Waals surface area (Å²) < 4.78 is 14.9. The van der Waals surface area contributed by atoms with E-state index in [2.05, 4.69) is 0 Å². The molecule has 0 radical (unpaired) electrons. The maximum Gasteiger partial charge on any atom is 0.323 e. The Morgan fingerprint density at radius 2 is 1.47 bits per heavy atom. The molecule has 0 aliphatic carbocycles. The highest BCUT2D eigenvalue weighted by atomic mass is 16.6. The van der Waals surface area contributed by atoms with E-state index in [1.165, 1.54) is 7.11 Å². The van der Waals surface area contributed by atoms with Crippen molar-refractivity contribution in [3.8, 4) is 0 Å². The first kappa shape index (κ1) is 15.9. The van der Waals surface area contributed by atoms with E-state index in [-0.39, 0.29) is 19.6 Å². The molecule has 100 valence electrons. The number of rotatable bonds is 8. The van der Waals surface area contributed by atoms with Gasteiger partial charge in [0.15, 0.2) is 5.41 Å². The lowest BCUT2D eigenvalue weighted by Gasteiger charge is -2.27. The van der Waals surface area contributed by atoms with E-state index >= 15 is 0 Å². The van der Waals surface area contributed by atoms with Crippen LogP contribution in [0, 0.1) is 5.41 Å². The lowest BCUT2D eigenvalue weighted by atomic mass is 9.82. The van der Waals surface area contributed by atoms with Gasteiger partial charge in [0.1, 0.15) is 0 Å². The molecule has 0 bridgehead atoms. The molecule has 0 aromatic carbocycles. The van der Waals surface area contributed by atoms with Crippen LogP contribution in [0.3, 0.4) is 0 Å². The number of methoxy groups -OCH3 is 1. The van der Waals surface area contributed by atoms with Crippen LogP contribution in [0.1, 0.15) is 33.6 Å². The van der Waals surface area contributed by atoms with Crippen molar-refractivity contribution in [1.29, 1.82) is 0 Å². The molecule has 0 unspecified atom stereocenters. The Bertz CT molecular complexity index is 231. The molecular weight excluding hydrogens is 224 g/mol. The van der Waals surface area contributed by atoms with Crippen LogP contribution in [0.5, 0.6) is 0 Å². The quantitative estimate of drug-likeness (QED) is 0.480. The minimum atomic E-state index is -1.23. The van der Waals surface area contributed by atoms with Crippen molar-refractivity contribution in [2.75, 3.05) is 26.9 Å². The van der Waals surface area contributed by atoms with Crippen LogP contribution in [-0.4, -0.2) is 38.9 Å².